The van der Waals surface area contributed by atoms with Crippen molar-refractivity contribution in [3.63, 3.8) is 0 Å². The number of carbonyl (C=O) groups excluding carboxylic acids is 1. The summed E-state index contributed by atoms with van der Waals surface area (Å²) in [7, 11) is 1.00. The lowest BCUT2D eigenvalue weighted by atomic mass is 9.76. The predicted molar refractivity (Wildman–Crippen MR) is 173 cm³/mol. The minimum absolute atomic E-state index is 0.0761. The molecule has 11 heteroatoms. The normalized spacial score (nSPS) is 15.4. The van der Waals surface area contributed by atoms with Crippen molar-refractivity contribution in [3.8, 4) is 22.6 Å². The Balaban J connectivity index is 0.00000268. The van der Waals surface area contributed by atoms with Gasteiger partial charge in [0.1, 0.15) is 18.3 Å². The molecule has 0 atom stereocenters. The van der Waals surface area contributed by atoms with E-state index < -0.39 is 12.6 Å². The molecule has 2 aromatic rings. The number of ether oxygens (including phenoxy) is 2. The van der Waals surface area contributed by atoms with Crippen LogP contribution in [-0.2, 0) is 9.59 Å². The van der Waals surface area contributed by atoms with Crippen molar-refractivity contribution in [2.24, 2.45) is 5.92 Å². The average Bonchev–Trinajstić information content (AvgIpc) is 3.05. The molecule has 0 aliphatic heterocycles. The largest absolute Gasteiger partial charge is 0.493 e. The molecule has 8 nitrogen and oxygen atoms in total. The van der Waals surface area contributed by atoms with Crippen molar-refractivity contribution in [2.45, 2.75) is 70.4 Å². The van der Waals surface area contributed by atoms with Crippen molar-refractivity contribution in [3.05, 3.63) is 71.8 Å². The molecule has 0 saturated heterocycles. The maximum Gasteiger partial charge on any atom is 0.389 e. The van der Waals surface area contributed by atoms with E-state index >= 15 is 0 Å². The Morgan fingerprint density at radius 2 is 1.35 bits per heavy atom. The number of carboxylic acid groups (broad SMARTS) is 1. The Kier molecular flexibility index (Phi) is 21.8. The van der Waals surface area contributed by atoms with Gasteiger partial charge in [0, 0.05) is 32.4 Å². The van der Waals surface area contributed by atoms with E-state index in [1.165, 1.54) is 11.1 Å². The number of rotatable bonds is 14. The second-order valence-corrected chi connectivity index (χ2v) is 10.8. The smallest absolute Gasteiger partial charge is 0.389 e. The van der Waals surface area contributed by atoms with Crippen LogP contribution in [0.1, 0.15) is 68.4 Å². The molecule has 0 aromatic heterocycles. The van der Waals surface area contributed by atoms with Gasteiger partial charge in [-0.05, 0) is 96.4 Å². The van der Waals surface area contributed by atoms with Crippen LogP contribution in [0.5, 0.6) is 11.5 Å². The number of hydrogen-bond acceptors (Lipinski definition) is 7. The third kappa shape index (κ3) is 16.6. The van der Waals surface area contributed by atoms with Gasteiger partial charge >= 0.3 is 6.18 Å². The number of hydrogen-bond donors (Lipinski definition) is 4. The van der Waals surface area contributed by atoms with E-state index in [0.29, 0.717) is 54.6 Å². The monoisotopic (exact) mass is 654 g/mol. The summed E-state index contributed by atoms with van der Waals surface area (Å²) in [6.07, 6.45) is 0.0824. The van der Waals surface area contributed by atoms with Crippen LogP contribution in [0.15, 0.2) is 60.7 Å². The van der Waals surface area contributed by atoms with E-state index in [1.807, 2.05) is 25.0 Å². The Morgan fingerprint density at radius 3 is 1.76 bits per heavy atom. The van der Waals surface area contributed by atoms with Crippen LogP contribution in [-0.4, -0.2) is 73.4 Å². The summed E-state index contributed by atoms with van der Waals surface area (Å²) < 4.78 is 49.7. The maximum atomic E-state index is 12.6. The molecule has 0 spiro atoms. The van der Waals surface area contributed by atoms with Crippen LogP contribution < -0.4 is 9.47 Å². The molecule has 0 heterocycles. The highest BCUT2D eigenvalue weighted by Gasteiger charge is 2.30. The van der Waals surface area contributed by atoms with Gasteiger partial charge in [-0.3, -0.25) is 4.79 Å². The van der Waals surface area contributed by atoms with E-state index in [4.69, 9.17) is 29.3 Å². The fraction of sp³-hybridized carbons (Fsp3) is 0.486. The number of carbonyl (C=O) groups is 2. The molecule has 0 unspecified atom stereocenters. The van der Waals surface area contributed by atoms with E-state index in [-0.39, 0.29) is 32.0 Å². The number of aryl methyl sites for hydroxylation is 1. The zero-order chi connectivity index (χ0) is 35.1. The van der Waals surface area contributed by atoms with Crippen LogP contribution >= 0.6 is 0 Å². The molecule has 1 saturated carbocycles. The number of halogens is 3. The Bertz CT molecular complexity index is 1130. The SMILES string of the molecule is C=C(CO)CCOc1cc(OCCC(=C)CO)cc(-c2ccc(C3CCC(CCC(F)(F)F)CC3)c(C)c2)c1.C=O.CO.O=CO. The highest BCUT2D eigenvalue weighted by molar-refractivity contribution is 5.68. The Morgan fingerprint density at radius 1 is 0.870 bits per heavy atom. The molecule has 3 rings (SSSR count). The maximum absolute atomic E-state index is 12.6. The summed E-state index contributed by atoms with van der Waals surface area (Å²) in [6, 6.07) is 12.1. The molecule has 0 amide bonds. The van der Waals surface area contributed by atoms with Crippen LogP contribution in [0.4, 0.5) is 13.2 Å². The van der Waals surface area contributed by atoms with Gasteiger partial charge < -0.3 is 34.7 Å². The third-order valence-electron chi connectivity index (χ3n) is 7.50. The molecule has 1 fully saturated rings. The summed E-state index contributed by atoms with van der Waals surface area (Å²) >= 11 is 0. The van der Waals surface area contributed by atoms with Gasteiger partial charge in [-0.15, -0.1) is 0 Å². The molecule has 1 aliphatic carbocycles. The second-order valence-electron chi connectivity index (χ2n) is 10.8. The van der Waals surface area contributed by atoms with Crippen molar-refractivity contribution >= 4 is 13.3 Å². The lowest BCUT2D eigenvalue weighted by Crippen LogP contribution is -2.17. The molecule has 2 aromatic carbocycles. The minimum atomic E-state index is -4.07. The molecular formula is C35H49F3O8. The van der Waals surface area contributed by atoms with Crippen LogP contribution in [0.25, 0.3) is 11.1 Å². The molecule has 4 N–H and O–H groups in total. The molecule has 1 aliphatic rings. The lowest BCUT2D eigenvalue weighted by Gasteiger charge is -2.30. The van der Waals surface area contributed by atoms with Crippen molar-refractivity contribution in [2.75, 3.05) is 33.5 Å². The Labute approximate surface area is 270 Å². The fourth-order valence-corrected chi connectivity index (χ4v) is 5.13. The lowest BCUT2D eigenvalue weighted by molar-refractivity contribution is -0.138. The first-order valence-corrected chi connectivity index (χ1v) is 14.9. The Hall–Kier alpha value is -3.67. The summed E-state index contributed by atoms with van der Waals surface area (Å²) in [5.41, 5.74) is 5.79. The van der Waals surface area contributed by atoms with Crippen molar-refractivity contribution < 1.29 is 52.7 Å². The van der Waals surface area contributed by atoms with E-state index in [0.717, 1.165) is 43.9 Å². The molecular weight excluding hydrogens is 605 g/mol. The van der Waals surface area contributed by atoms with E-state index in [1.54, 1.807) is 0 Å². The minimum Gasteiger partial charge on any atom is -0.493 e. The van der Waals surface area contributed by atoms with Gasteiger partial charge in [-0.25, -0.2) is 0 Å². The molecule has 0 radical (unpaired) electrons. The first-order chi connectivity index (χ1) is 22.0. The van der Waals surface area contributed by atoms with Crippen molar-refractivity contribution in [1.82, 2.24) is 0 Å². The zero-order valence-corrected chi connectivity index (χ0v) is 26.9. The second kappa shape index (κ2) is 23.6. The number of benzene rings is 2. The van der Waals surface area contributed by atoms with Gasteiger partial charge in [0.15, 0.2) is 0 Å². The number of aliphatic hydroxyl groups is 3. The first kappa shape index (κ1) is 42.3. The van der Waals surface area contributed by atoms with Crippen LogP contribution in [0.2, 0.25) is 0 Å². The van der Waals surface area contributed by atoms with E-state index in [9.17, 15) is 23.4 Å². The van der Waals surface area contributed by atoms with Gasteiger partial charge in [-0.2, -0.15) is 13.2 Å². The van der Waals surface area contributed by atoms with E-state index in [2.05, 4.69) is 38.3 Å². The summed E-state index contributed by atoms with van der Waals surface area (Å²) in [6.45, 7) is 12.1. The first-order valence-electron chi connectivity index (χ1n) is 14.9. The van der Waals surface area contributed by atoms with Gasteiger partial charge in [0.2, 0.25) is 0 Å². The average molecular weight is 655 g/mol. The summed E-state index contributed by atoms with van der Waals surface area (Å²) in [5, 5.41) is 32.3. The van der Waals surface area contributed by atoms with Crippen LogP contribution in [0.3, 0.4) is 0 Å². The third-order valence-corrected chi connectivity index (χ3v) is 7.50. The topological polar surface area (TPSA) is 134 Å². The highest BCUT2D eigenvalue weighted by Crippen LogP contribution is 2.41. The molecule has 46 heavy (non-hydrogen) atoms. The standard InChI is InChI=1S/C32H41F3O4.CH2O2.CH4O.CH2O/c1-22(20-36)11-14-38-29-17-28(18-30(19-29)39-15-12-23(2)21-37)27-8-9-31(24(3)16-27)26-6-4-25(5-7-26)10-13-32(33,34)35;2-1-3;2*1-2/h8-9,16-19,25-26,36-37H,1-2,4-7,10-15,20-21H2,3H3;1H,(H,2,3);2H,1H3;1H2. The summed E-state index contributed by atoms with van der Waals surface area (Å²) in [5.74, 6) is 1.82. The highest BCUT2D eigenvalue weighted by atomic mass is 19.4. The van der Waals surface area contributed by atoms with Crippen molar-refractivity contribution in [1.29, 1.82) is 0 Å². The van der Waals surface area contributed by atoms with Gasteiger partial charge in [-0.1, -0.05) is 31.4 Å². The fourth-order valence-electron chi connectivity index (χ4n) is 5.13. The van der Waals surface area contributed by atoms with Gasteiger partial charge in [0.05, 0.1) is 26.4 Å². The summed E-state index contributed by atoms with van der Waals surface area (Å²) in [4.78, 5) is 16.4. The molecule has 0 bridgehead atoms. The zero-order valence-electron chi connectivity index (χ0n) is 26.9. The number of aliphatic hydroxyl groups excluding tert-OH is 3. The molecule has 258 valence electrons. The van der Waals surface area contributed by atoms with Gasteiger partial charge in [0.25, 0.3) is 6.47 Å². The number of alkyl halides is 3. The predicted octanol–water partition coefficient (Wildman–Crippen LogP) is 7.04. The van der Waals surface area contributed by atoms with Crippen LogP contribution in [0, 0.1) is 12.8 Å². The quantitative estimate of drug-likeness (QED) is 0.126.